The van der Waals surface area contributed by atoms with E-state index < -0.39 is 5.97 Å². The second-order valence-corrected chi connectivity index (χ2v) is 3.92. The van der Waals surface area contributed by atoms with E-state index in [1.165, 1.54) is 25.4 Å². The van der Waals surface area contributed by atoms with Crippen molar-refractivity contribution in [2.45, 2.75) is 0 Å². The molecule has 0 fully saturated rings. The van der Waals surface area contributed by atoms with Crippen LogP contribution in [0.5, 0.6) is 5.75 Å². The first-order chi connectivity index (χ1) is 9.60. The van der Waals surface area contributed by atoms with E-state index in [9.17, 15) is 9.59 Å². The number of aromatic carboxylic acids is 1. The van der Waals surface area contributed by atoms with E-state index in [0.29, 0.717) is 11.3 Å². The molecule has 0 aliphatic heterocycles. The van der Waals surface area contributed by atoms with Crippen molar-refractivity contribution in [3.63, 3.8) is 0 Å². The summed E-state index contributed by atoms with van der Waals surface area (Å²) in [6.45, 7) is 0. The lowest BCUT2D eigenvalue weighted by Crippen LogP contribution is -2.13. The number of hydrogen-bond acceptors (Lipinski definition) is 4. The average molecular weight is 272 g/mol. The molecule has 0 spiro atoms. The normalized spacial score (nSPS) is 9.85. The zero-order valence-corrected chi connectivity index (χ0v) is 10.7. The van der Waals surface area contributed by atoms with Crippen LogP contribution in [0.15, 0.2) is 42.6 Å². The summed E-state index contributed by atoms with van der Waals surface area (Å²) in [5.41, 5.74) is 0.485. The van der Waals surface area contributed by atoms with Crippen LogP contribution >= 0.6 is 0 Å². The molecule has 1 amide bonds. The summed E-state index contributed by atoms with van der Waals surface area (Å²) in [4.78, 5) is 26.7. The van der Waals surface area contributed by atoms with Crippen LogP contribution in [0.3, 0.4) is 0 Å². The first kappa shape index (κ1) is 13.5. The topological polar surface area (TPSA) is 88.5 Å². The Morgan fingerprint density at radius 1 is 1.15 bits per heavy atom. The van der Waals surface area contributed by atoms with Crippen LogP contribution in [0.25, 0.3) is 0 Å². The van der Waals surface area contributed by atoms with E-state index in [-0.39, 0.29) is 17.3 Å². The van der Waals surface area contributed by atoms with Crippen LogP contribution in [0, 0.1) is 0 Å². The number of ether oxygens (including phenoxy) is 1. The van der Waals surface area contributed by atoms with Crippen molar-refractivity contribution >= 4 is 17.7 Å². The number of carboxylic acids is 1. The second-order valence-electron chi connectivity index (χ2n) is 3.92. The molecule has 0 atom stereocenters. The number of nitrogens with one attached hydrogen (secondary N) is 1. The van der Waals surface area contributed by atoms with Gasteiger partial charge in [0.2, 0.25) is 0 Å². The number of amides is 1. The first-order valence-corrected chi connectivity index (χ1v) is 5.75. The number of carboxylic acid groups (broad SMARTS) is 1. The maximum Gasteiger partial charge on any atom is 0.335 e. The predicted octanol–water partition coefficient (Wildman–Crippen LogP) is 2.04. The quantitative estimate of drug-likeness (QED) is 0.889. The van der Waals surface area contributed by atoms with Gasteiger partial charge >= 0.3 is 5.97 Å². The number of nitrogens with zero attached hydrogens (tertiary/aromatic N) is 1. The first-order valence-electron chi connectivity index (χ1n) is 5.75. The van der Waals surface area contributed by atoms with Gasteiger partial charge in [-0.05, 0) is 36.4 Å². The molecule has 0 saturated heterocycles. The highest BCUT2D eigenvalue weighted by Crippen LogP contribution is 2.13. The number of carbonyl (C=O) groups excluding carboxylic acids is 1. The number of rotatable bonds is 4. The van der Waals surface area contributed by atoms with E-state index in [1.807, 2.05) is 0 Å². The largest absolute Gasteiger partial charge is 0.497 e. The average Bonchev–Trinajstić information content (AvgIpc) is 2.47. The monoisotopic (exact) mass is 272 g/mol. The lowest BCUT2D eigenvalue weighted by Gasteiger charge is -2.06. The lowest BCUT2D eigenvalue weighted by molar-refractivity contribution is 0.0696. The maximum atomic E-state index is 12.0. The fraction of sp³-hybridized carbons (Fsp3) is 0.0714. The predicted molar refractivity (Wildman–Crippen MR) is 72.1 cm³/mol. The van der Waals surface area contributed by atoms with Gasteiger partial charge < -0.3 is 15.2 Å². The summed E-state index contributed by atoms with van der Waals surface area (Å²) in [6, 6.07) is 9.19. The van der Waals surface area contributed by atoms with E-state index in [1.54, 1.807) is 24.3 Å². The van der Waals surface area contributed by atoms with Crippen molar-refractivity contribution in [2.75, 3.05) is 12.4 Å². The second kappa shape index (κ2) is 5.83. The van der Waals surface area contributed by atoms with Crippen molar-refractivity contribution in [1.82, 2.24) is 4.98 Å². The molecule has 2 rings (SSSR count). The minimum atomic E-state index is -1.08. The van der Waals surface area contributed by atoms with Crippen LogP contribution in [0.4, 0.5) is 5.82 Å². The molecule has 102 valence electrons. The van der Waals surface area contributed by atoms with Gasteiger partial charge in [0.1, 0.15) is 11.6 Å². The highest BCUT2D eigenvalue weighted by atomic mass is 16.5. The Morgan fingerprint density at radius 3 is 2.45 bits per heavy atom. The molecular weight excluding hydrogens is 260 g/mol. The molecule has 6 nitrogen and oxygen atoms in total. The standard InChI is InChI=1S/C14H12N2O4/c1-20-11-4-2-9(3-5-11)13(17)16-12-8-10(14(18)19)6-7-15-12/h2-8H,1H3,(H,18,19)(H,15,16,17). The van der Waals surface area contributed by atoms with Crippen molar-refractivity contribution in [2.24, 2.45) is 0 Å². The number of benzene rings is 1. The van der Waals surface area contributed by atoms with E-state index in [2.05, 4.69) is 10.3 Å². The molecule has 1 heterocycles. The van der Waals surface area contributed by atoms with Gasteiger partial charge in [0.25, 0.3) is 5.91 Å². The van der Waals surface area contributed by atoms with Crippen molar-refractivity contribution in [3.05, 3.63) is 53.7 Å². The smallest absolute Gasteiger partial charge is 0.335 e. The minimum Gasteiger partial charge on any atom is -0.497 e. The molecule has 2 aromatic rings. The van der Waals surface area contributed by atoms with Gasteiger partial charge in [0.15, 0.2) is 0 Å². The van der Waals surface area contributed by atoms with Crippen molar-refractivity contribution < 1.29 is 19.4 Å². The summed E-state index contributed by atoms with van der Waals surface area (Å²) in [5, 5.41) is 11.4. The Balaban J connectivity index is 2.14. The fourth-order valence-corrected chi connectivity index (χ4v) is 1.56. The van der Waals surface area contributed by atoms with Gasteiger partial charge in [-0.3, -0.25) is 4.79 Å². The fourth-order valence-electron chi connectivity index (χ4n) is 1.56. The number of hydrogen-bond donors (Lipinski definition) is 2. The Labute approximate surface area is 115 Å². The highest BCUT2D eigenvalue weighted by molar-refractivity contribution is 6.04. The third-order valence-corrected chi connectivity index (χ3v) is 2.60. The molecular formula is C14H12N2O4. The maximum absolute atomic E-state index is 12.0. The van der Waals surface area contributed by atoms with Crippen molar-refractivity contribution in [3.8, 4) is 5.75 Å². The molecule has 0 bridgehead atoms. The minimum absolute atomic E-state index is 0.0602. The van der Waals surface area contributed by atoms with Crippen LogP contribution in [0.1, 0.15) is 20.7 Å². The molecule has 0 saturated carbocycles. The van der Waals surface area contributed by atoms with E-state index in [4.69, 9.17) is 9.84 Å². The van der Waals surface area contributed by atoms with Gasteiger partial charge in [-0.15, -0.1) is 0 Å². The SMILES string of the molecule is COc1ccc(C(=O)Nc2cc(C(=O)O)ccn2)cc1. The molecule has 0 aliphatic carbocycles. The molecule has 20 heavy (non-hydrogen) atoms. The Hall–Kier alpha value is -2.89. The number of anilines is 1. The van der Waals surface area contributed by atoms with Crippen LogP contribution in [-0.4, -0.2) is 29.1 Å². The molecule has 0 aliphatic rings. The summed E-state index contributed by atoms with van der Waals surface area (Å²) >= 11 is 0. The lowest BCUT2D eigenvalue weighted by atomic mass is 10.2. The zero-order valence-electron chi connectivity index (χ0n) is 10.7. The van der Waals surface area contributed by atoms with Crippen LogP contribution in [-0.2, 0) is 0 Å². The van der Waals surface area contributed by atoms with E-state index >= 15 is 0 Å². The Kier molecular flexibility index (Phi) is 3.95. The third-order valence-electron chi connectivity index (χ3n) is 2.60. The molecule has 0 unspecified atom stereocenters. The van der Waals surface area contributed by atoms with Gasteiger partial charge in [-0.2, -0.15) is 0 Å². The summed E-state index contributed by atoms with van der Waals surface area (Å²) in [6.07, 6.45) is 1.33. The van der Waals surface area contributed by atoms with Crippen molar-refractivity contribution in [1.29, 1.82) is 0 Å². The summed E-state index contributed by atoms with van der Waals surface area (Å²) < 4.78 is 5.00. The Morgan fingerprint density at radius 2 is 1.85 bits per heavy atom. The van der Waals surface area contributed by atoms with Gasteiger partial charge in [0.05, 0.1) is 12.7 Å². The zero-order chi connectivity index (χ0) is 14.5. The van der Waals surface area contributed by atoms with Gasteiger partial charge in [-0.1, -0.05) is 0 Å². The molecule has 6 heteroatoms. The molecule has 1 aromatic carbocycles. The molecule has 2 N–H and O–H groups in total. The Bertz CT molecular complexity index is 638. The number of aromatic nitrogens is 1. The van der Waals surface area contributed by atoms with E-state index in [0.717, 1.165) is 0 Å². The molecule has 0 radical (unpaired) electrons. The summed E-state index contributed by atoms with van der Waals surface area (Å²) in [7, 11) is 1.54. The molecule has 1 aromatic heterocycles. The van der Waals surface area contributed by atoms with Gasteiger partial charge in [0, 0.05) is 11.8 Å². The van der Waals surface area contributed by atoms with Crippen LogP contribution in [0.2, 0.25) is 0 Å². The van der Waals surface area contributed by atoms with Crippen LogP contribution < -0.4 is 10.1 Å². The third kappa shape index (κ3) is 3.11. The highest BCUT2D eigenvalue weighted by Gasteiger charge is 2.09. The van der Waals surface area contributed by atoms with Gasteiger partial charge in [-0.25, -0.2) is 9.78 Å². The number of methoxy groups -OCH3 is 1. The number of carbonyl (C=O) groups is 2. The summed E-state index contributed by atoms with van der Waals surface area (Å²) in [5.74, 6) is -0.617. The number of pyridine rings is 1.